The van der Waals surface area contributed by atoms with Gasteiger partial charge in [0, 0.05) is 12.1 Å². The molecular weight excluding hydrogens is 258 g/mol. The van der Waals surface area contributed by atoms with E-state index in [0.717, 1.165) is 18.8 Å². The van der Waals surface area contributed by atoms with Gasteiger partial charge in [-0.2, -0.15) is 0 Å². The SMILES string of the molecule is CCCOc1ccc(C(C)NC2CCC(C)(C)CC2)cc1. The molecule has 0 saturated heterocycles. The van der Waals surface area contributed by atoms with E-state index in [1.165, 1.54) is 31.2 Å². The number of rotatable bonds is 6. The van der Waals surface area contributed by atoms with Crippen LogP contribution in [-0.2, 0) is 0 Å². The van der Waals surface area contributed by atoms with E-state index in [-0.39, 0.29) is 0 Å². The van der Waals surface area contributed by atoms with E-state index in [1.54, 1.807) is 0 Å². The van der Waals surface area contributed by atoms with E-state index in [1.807, 2.05) is 0 Å². The highest BCUT2D eigenvalue weighted by Crippen LogP contribution is 2.35. The molecule has 0 spiro atoms. The molecule has 0 amide bonds. The van der Waals surface area contributed by atoms with Gasteiger partial charge in [0.15, 0.2) is 0 Å². The van der Waals surface area contributed by atoms with E-state index >= 15 is 0 Å². The summed E-state index contributed by atoms with van der Waals surface area (Å²) in [6, 6.07) is 9.64. The molecule has 2 rings (SSSR count). The van der Waals surface area contributed by atoms with Crippen LogP contribution in [0.4, 0.5) is 0 Å². The Morgan fingerprint density at radius 2 is 1.81 bits per heavy atom. The molecule has 1 unspecified atom stereocenters. The molecule has 2 heteroatoms. The fourth-order valence-electron chi connectivity index (χ4n) is 3.09. The van der Waals surface area contributed by atoms with Crippen molar-refractivity contribution in [1.82, 2.24) is 5.32 Å². The minimum atomic E-state index is 0.413. The molecule has 1 fully saturated rings. The first-order chi connectivity index (χ1) is 10.00. The fourth-order valence-corrected chi connectivity index (χ4v) is 3.09. The van der Waals surface area contributed by atoms with Gasteiger partial charge in [-0.05, 0) is 62.1 Å². The lowest BCUT2D eigenvalue weighted by atomic mass is 9.75. The van der Waals surface area contributed by atoms with Gasteiger partial charge in [0.1, 0.15) is 5.75 Å². The summed E-state index contributed by atoms with van der Waals surface area (Å²) in [5.41, 5.74) is 1.89. The number of nitrogens with one attached hydrogen (secondary N) is 1. The third-order valence-electron chi connectivity index (χ3n) is 4.68. The Morgan fingerprint density at radius 1 is 1.19 bits per heavy atom. The van der Waals surface area contributed by atoms with Crippen molar-refractivity contribution in [3.05, 3.63) is 29.8 Å². The van der Waals surface area contributed by atoms with Crippen LogP contribution in [0.1, 0.15) is 71.4 Å². The second kappa shape index (κ2) is 7.31. The van der Waals surface area contributed by atoms with Crippen molar-refractivity contribution in [3.8, 4) is 5.75 Å². The van der Waals surface area contributed by atoms with Gasteiger partial charge in [0.25, 0.3) is 0 Å². The highest BCUT2D eigenvalue weighted by atomic mass is 16.5. The topological polar surface area (TPSA) is 21.3 Å². The van der Waals surface area contributed by atoms with Gasteiger partial charge in [-0.3, -0.25) is 0 Å². The summed E-state index contributed by atoms with van der Waals surface area (Å²) >= 11 is 0. The summed E-state index contributed by atoms with van der Waals surface area (Å²) in [4.78, 5) is 0. The van der Waals surface area contributed by atoms with Crippen molar-refractivity contribution < 1.29 is 4.74 Å². The minimum Gasteiger partial charge on any atom is -0.494 e. The van der Waals surface area contributed by atoms with Crippen LogP contribution in [0.15, 0.2) is 24.3 Å². The second-order valence-electron chi connectivity index (χ2n) is 7.24. The Hall–Kier alpha value is -1.02. The van der Waals surface area contributed by atoms with Gasteiger partial charge in [-0.25, -0.2) is 0 Å². The number of hydrogen-bond donors (Lipinski definition) is 1. The zero-order valence-corrected chi connectivity index (χ0v) is 14.1. The van der Waals surface area contributed by atoms with Crippen LogP contribution < -0.4 is 10.1 Å². The fraction of sp³-hybridized carbons (Fsp3) is 0.684. The van der Waals surface area contributed by atoms with Gasteiger partial charge < -0.3 is 10.1 Å². The maximum Gasteiger partial charge on any atom is 0.119 e. The molecule has 1 atom stereocenters. The van der Waals surface area contributed by atoms with Crippen LogP contribution in [0.25, 0.3) is 0 Å². The molecular formula is C19H31NO. The monoisotopic (exact) mass is 289 g/mol. The third-order valence-corrected chi connectivity index (χ3v) is 4.68. The number of hydrogen-bond acceptors (Lipinski definition) is 2. The van der Waals surface area contributed by atoms with Crippen LogP contribution >= 0.6 is 0 Å². The predicted octanol–water partition coefficient (Wildman–Crippen LogP) is 5.09. The summed E-state index contributed by atoms with van der Waals surface area (Å²) in [7, 11) is 0. The van der Waals surface area contributed by atoms with Crippen LogP contribution in [0.3, 0.4) is 0 Å². The maximum absolute atomic E-state index is 5.64. The Morgan fingerprint density at radius 3 is 2.38 bits per heavy atom. The Bertz CT molecular complexity index is 414. The zero-order chi connectivity index (χ0) is 15.3. The van der Waals surface area contributed by atoms with Crippen molar-refractivity contribution in [1.29, 1.82) is 0 Å². The first-order valence-corrected chi connectivity index (χ1v) is 8.49. The largest absolute Gasteiger partial charge is 0.494 e. The van der Waals surface area contributed by atoms with Crippen molar-refractivity contribution in [2.75, 3.05) is 6.61 Å². The molecule has 1 aromatic carbocycles. The molecule has 1 aliphatic rings. The van der Waals surface area contributed by atoms with Gasteiger partial charge >= 0.3 is 0 Å². The van der Waals surface area contributed by atoms with Crippen molar-refractivity contribution in [2.45, 2.75) is 71.9 Å². The molecule has 0 bridgehead atoms. The Balaban J connectivity index is 1.84. The highest BCUT2D eigenvalue weighted by Gasteiger charge is 2.27. The molecule has 1 saturated carbocycles. The normalized spacial score (nSPS) is 20.2. The molecule has 1 aliphatic carbocycles. The van der Waals surface area contributed by atoms with Crippen molar-refractivity contribution >= 4 is 0 Å². The molecule has 0 heterocycles. The van der Waals surface area contributed by atoms with Gasteiger partial charge in [-0.1, -0.05) is 32.9 Å². The average Bonchev–Trinajstić information content (AvgIpc) is 2.48. The third kappa shape index (κ3) is 5.03. The van der Waals surface area contributed by atoms with E-state index in [9.17, 15) is 0 Å². The summed E-state index contributed by atoms with van der Waals surface area (Å²) in [5.74, 6) is 0.979. The predicted molar refractivity (Wildman–Crippen MR) is 89.8 cm³/mol. The van der Waals surface area contributed by atoms with E-state index < -0.39 is 0 Å². The average molecular weight is 289 g/mol. The smallest absolute Gasteiger partial charge is 0.119 e. The molecule has 1 N–H and O–H groups in total. The van der Waals surface area contributed by atoms with E-state index in [0.29, 0.717) is 17.5 Å². The van der Waals surface area contributed by atoms with Gasteiger partial charge in [0.2, 0.25) is 0 Å². The van der Waals surface area contributed by atoms with Crippen molar-refractivity contribution in [2.24, 2.45) is 5.41 Å². The minimum absolute atomic E-state index is 0.413. The van der Waals surface area contributed by atoms with Crippen LogP contribution in [0, 0.1) is 5.41 Å². The Labute approximate surface area is 130 Å². The first kappa shape index (κ1) is 16.4. The molecule has 0 aliphatic heterocycles. The van der Waals surface area contributed by atoms with E-state index in [2.05, 4.69) is 57.3 Å². The summed E-state index contributed by atoms with van der Waals surface area (Å²) in [6.45, 7) is 9.97. The lowest BCUT2D eigenvalue weighted by Crippen LogP contribution is -2.36. The quantitative estimate of drug-likeness (QED) is 0.787. The Kier molecular flexibility index (Phi) is 5.69. The molecule has 2 nitrogen and oxygen atoms in total. The lowest BCUT2D eigenvalue weighted by molar-refractivity contribution is 0.200. The van der Waals surface area contributed by atoms with Crippen molar-refractivity contribution in [3.63, 3.8) is 0 Å². The molecule has 21 heavy (non-hydrogen) atoms. The second-order valence-corrected chi connectivity index (χ2v) is 7.24. The molecule has 118 valence electrons. The molecule has 0 aromatic heterocycles. The zero-order valence-electron chi connectivity index (χ0n) is 14.1. The summed E-state index contributed by atoms with van der Waals surface area (Å²) < 4.78 is 5.64. The lowest BCUT2D eigenvalue weighted by Gasteiger charge is -2.36. The maximum atomic E-state index is 5.64. The first-order valence-electron chi connectivity index (χ1n) is 8.49. The summed E-state index contributed by atoms with van der Waals surface area (Å²) in [6.07, 6.45) is 6.32. The number of benzene rings is 1. The van der Waals surface area contributed by atoms with Gasteiger partial charge in [0.05, 0.1) is 6.61 Å². The standard InChI is InChI=1S/C19H31NO/c1-5-14-21-18-8-6-16(7-9-18)15(2)20-17-10-12-19(3,4)13-11-17/h6-9,15,17,20H,5,10-14H2,1-4H3. The molecule has 0 radical (unpaired) electrons. The highest BCUT2D eigenvalue weighted by molar-refractivity contribution is 5.29. The van der Waals surface area contributed by atoms with Gasteiger partial charge in [-0.15, -0.1) is 0 Å². The van der Waals surface area contributed by atoms with Crippen LogP contribution in [0.2, 0.25) is 0 Å². The van der Waals surface area contributed by atoms with Crippen LogP contribution in [0.5, 0.6) is 5.75 Å². The van der Waals surface area contributed by atoms with Crippen LogP contribution in [-0.4, -0.2) is 12.6 Å². The summed E-state index contributed by atoms with van der Waals surface area (Å²) in [5, 5.41) is 3.79. The van der Waals surface area contributed by atoms with E-state index in [4.69, 9.17) is 4.74 Å². The number of ether oxygens (including phenoxy) is 1. The molecule has 1 aromatic rings.